The summed E-state index contributed by atoms with van der Waals surface area (Å²) in [4.78, 5) is 26.9. The summed E-state index contributed by atoms with van der Waals surface area (Å²) >= 11 is 12.6. The summed E-state index contributed by atoms with van der Waals surface area (Å²) in [6, 6.07) is 13.0. The number of hydrogen-bond acceptors (Lipinski definition) is 9. The second kappa shape index (κ2) is 14.4. The van der Waals surface area contributed by atoms with Gasteiger partial charge in [0.25, 0.3) is 0 Å². The van der Waals surface area contributed by atoms with E-state index < -0.39 is 15.8 Å². The Morgan fingerprint density at radius 2 is 1.68 bits per heavy atom. The third-order valence-electron chi connectivity index (χ3n) is 7.95. The average Bonchev–Trinajstić information content (AvgIpc) is 2.96. The van der Waals surface area contributed by atoms with E-state index >= 15 is 0 Å². The highest BCUT2D eigenvalue weighted by Gasteiger charge is 2.23. The van der Waals surface area contributed by atoms with E-state index in [4.69, 9.17) is 38.0 Å². The normalized spacial score (nSPS) is 17.1. The Morgan fingerprint density at radius 1 is 0.977 bits per heavy atom. The van der Waals surface area contributed by atoms with Crippen molar-refractivity contribution in [3.8, 4) is 22.9 Å². The third-order valence-corrected chi connectivity index (χ3v) is 9.47. The maximum absolute atomic E-state index is 11.8. The number of nitrogens with zero attached hydrogens (tertiary/aromatic N) is 5. The molecule has 0 unspecified atom stereocenters. The second-order valence-electron chi connectivity index (χ2n) is 11.6. The van der Waals surface area contributed by atoms with E-state index in [1.807, 2.05) is 36.4 Å². The highest BCUT2D eigenvalue weighted by atomic mass is 35.5. The predicted octanol–water partition coefficient (Wildman–Crippen LogP) is 5.10. The van der Waals surface area contributed by atoms with E-state index in [1.165, 1.54) is 6.26 Å². The third kappa shape index (κ3) is 9.52. The number of carboxylic acid groups (broad SMARTS) is 1. The van der Waals surface area contributed by atoms with E-state index in [2.05, 4.69) is 19.7 Å². The first kappa shape index (κ1) is 32.4. The Balaban J connectivity index is 1.28. The van der Waals surface area contributed by atoms with Crippen molar-refractivity contribution < 1.29 is 23.1 Å². The topological polar surface area (TPSA) is 116 Å². The number of aromatic nitrogens is 2. The smallest absolute Gasteiger partial charge is 0.304 e. The monoisotopic (exact) mass is 661 g/mol. The van der Waals surface area contributed by atoms with Crippen LogP contribution in [0.25, 0.3) is 11.3 Å². The van der Waals surface area contributed by atoms with Crippen molar-refractivity contribution in [2.45, 2.75) is 25.8 Å². The van der Waals surface area contributed by atoms with Gasteiger partial charge in [0.15, 0.2) is 0 Å². The summed E-state index contributed by atoms with van der Waals surface area (Å²) in [5, 5.41) is 9.96. The number of rotatable bonds is 11. The first-order chi connectivity index (χ1) is 21.0. The van der Waals surface area contributed by atoms with E-state index in [9.17, 15) is 13.2 Å². The van der Waals surface area contributed by atoms with Gasteiger partial charge in [-0.05, 0) is 73.8 Å². The van der Waals surface area contributed by atoms with Gasteiger partial charge in [-0.3, -0.25) is 14.6 Å². The minimum absolute atomic E-state index is 0.148. The summed E-state index contributed by atoms with van der Waals surface area (Å²) < 4.78 is 29.7. The van der Waals surface area contributed by atoms with E-state index in [-0.39, 0.29) is 18.1 Å². The van der Waals surface area contributed by atoms with E-state index in [0.717, 1.165) is 69.1 Å². The zero-order valence-corrected chi connectivity index (χ0v) is 27.0. The van der Waals surface area contributed by atoms with Crippen LogP contribution in [0.5, 0.6) is 11.6 Å². The zero-order chi connectivity index (χ0) is 31.3. The van der Waals surface area contributed by atoms with Gasteiger partial charge in [0.1, 0.15) is 21.4 Å². The molecule has 4 heterocycles. The van der Waals surface area contributed by atoms with Crippen molar-refractivity contribution in [1.29, 1.82) is 0 Å². The van der Waals surface area contributed by atoms with Crippen LogP contribution >= 0.6 is 23.2 Å². The molecule has 2 saturated heterocycles. The Bertz CT molecular complexity index is 1540. The van der Waals surface area contributed by atoms with Gasteiger partial charge in [-0.25, -0.2) is 18.4 Å². The van der Waals surface area contributed by atoms with Crippen LogP contribution in [0.2, 0.25) is 10.0 Å². The van der Waals surface area contributed by atoms with E-state index in [0.29, 0.717) is 40.5 Å². The molecule has 10 nitrogen and oxygen atoms in total. The molecule has 0 saturated carbocycles. The molecule has 0 atom stereocenters. The Labute approximate surface area is 268 Å². The van der Waals surface area contributed by atoms with Gasteiger partial charge in [-0.1, -0.05) is 23.2 Å². The molecule has 2 aromatic heterocycles. The number of ether oxygens (including phenoxy) is 1. The molecular weight excluding hydrogens is 625 g/mol. The van der Waals surface area contributed by atoms with Crippen LogP contribution in [0.1, 0.15) is 24.8 Å². The number of carboxylic acids is 1. The number of carbonyl (C=O) groups is 1. The highest BCUT2D eigenvalue weighted by Crippen LogP contribution is 2.31. The molecule has 0 spiro atoms. The Kier molecular flexibility index (Phi) is 10.6. The van der Waals surface area contributed by atoms with Gasteiger partial charge in [-0.2, -0.15) is 0 Å². The van der Waals surface area contributed by atoms with Crippen molar-refractivity contribution >= 4 is 44.8 Å². The average molecular weight is 663 g/mol. The van der Waals surface area contributed by atoms with Crippen molar-refractivity contribution in [1.82, 2.24) is 19.8 Å². The highest BCUT2D eigenvalue weighted by molar-refractivity contribution is 7.90. The fourth-order valence-electron chi connectivity index (χ4n) is 5.74. The maximum Gasteiger partial charge on any atom is 0.304 e. The number of likely N-dealkylation sites (tertiary alicyclic amines) is 1. The first-order valence-electron chi connectivity index (χ1n) is 14.7. The van der Waals surface area contributed by atoms with Crippen LogP contribution in [-0.4, -0.2) is 97.1 Å². The standard InChI is InChI=1S/C31H37Cl2N5O5S/c1-44(41,42)21-22-4-7-37(8-5-22)20-23-14-28(24-16-25(32)18-26(33)17-24)35-30(15-23)43-27-2-3-29(34-19-27)38-12-10-36(11-13-38)9-6-31(39)40/h2-3,14-19,22H,4-13,20-21H2,1H3,(H,39,40). The molecule has 44 heavy (non-hydrogen) atoms. The number of benzene rings is 1. The number of hydrogen-bond donors (Lipinski definition) is 1. The Hall–Kier alpha value is -2.96. The van der Waals surface area contributed by atoms with Crippen molar-refractivity contribution in [2.75, 3.05) is 62.7 Å². The molecule has 2 aliphatic heterocycles. The SMILES string of the molecule is CS(=O)(=O)CC1CCN(Cc2cc(Oc3ccc(N4CCN(CCC(=O)O)CC4)nc3)nc(-c3cc(Cl)cc(Cl)c3)c2)CC1. The molecular formula is C31H37Cl2N5O5S. The fraction of sp³-hybridized carbons (Fsp3) is 0.452. The van der Waals surface area contributed by atoms with Crippen LogP contribution in [0, 0.1) is 5.92 Å². The summed E-state index contributed by atoms with van der Waals surface area (Å²) in [6.45, 7) is 5.97. The number of halogens is 2. The number of piperazine rings is 1. The summed E-state index contributed by atoms with van der Waals surface area (Å²) in [5.74, 6) is 1.46. The first-order valence-corrected chi connectivity index (χ1v) is 17.5. The lowest BCUT2D eigenvalue weighted by Crippen LogP contribution is -2.47. The molecule has 1 N–H and O–H groups in total. The Morgan fingerprint density at radius 3 is 2.30 bits per heavy atom. The van der Waals surface area contributed by atoms with Crippen LogP contribution in [0.3, 0.4) is 0 Å². The summed E-state index contributed by atoms with van der Waals surface area (Å²) in [6.07, 6.45) is 4.82. The largest absolute Gasteiger partial charge is 0.481 e. The minimum atomic E-state index is -2.99. The van der Waals surface area contributed by atoms with Crippen molar-refractivity contribution in [2.24, 2.45) is 5.92 Å². The number of pyridine rings is 2. The molecule has 0 radical (unpaired) electrons. The summed E-state index contributed by atoms with van der Waals surface area (Å²) in [7, 11) is -2.99. The van der Waals surface area contributed by atoms with Gasteiger partial charge in [0.05, 0.1) is 24.1 Å². The summed E-state index contributed by atoms with van der Waals surface area (Å²) in [5.41, 5.74) is 2.46. The fourth-order valence-corrected chi connectivity index (χ4v) is 7.46. The van der Waals surface area contributed by atoms with Gasteiger partial charge >= 0.3 is 5.97 Å². The molecule has 1 aromatic carbocycles. The van der Waals surface area contributed by atoms with Crippen LogP contribution in [0.15, 0.2) is 48.7 Å². The molecule has 3 aromatic rings. The number of aliphatic carboxylic acids is 1. The zero-order valence-electron chi connectivity index (χ0n) is 24.7. The van der Waals surface area contributed by atoms with Gasteiger partial charge in [0, 0.05) is 67.2 Å². The van der Waals surface area contributed by atoms with Crippen LogP contribution < -0.4 is 9.64 Å². The van der Waals surface area contributed by atoms with Crippen molar-refractivity contribution in [3.05, 3.63) is 64.3 Å². The van der Waals surface area contributed by atoms with E-state index in [1.54, 1.807) is 12.3 Å². The lowest BCUT2D eigenvalue weighted by molar-refractivity contribution is -0.137. The number of sulfone groups is 1. The quantitative estimate of drug-likeness (QED) is 0.298. The second-order valence-corrected chi connectivity index (χ2v) is 14.7. The molecule has 0 bridgehead atoms. The minimum Gasteiger partial charge on any atom is -0.481 e. The molecule has 0 aliphatic carbocycles. The molecule has 0 amide bonds. The van der Waals surface area contributed by atoms with Crippen molar-refractivity contribution in [3.63, 3.8) is 0 Å². The maximum atomic E-state index is 11.8. The van der Waals surface area contributed by atoms with Crippen LogP contribution in [-0.2, 0) is 21.2 Å². The lowest BCUT2D eigenvalue weighted by Gasteiger charge is -2.35. The molecule has 2 fully saturated rings. The molecule has 13 heteroatoms. The van der Waals surface area contributed by atoms with Gasteiger partial charge in [0.2, 0.25) is 5.88 Å². The van der Waals surface area contributed by atoms with Crippen LogP contribution in [0.4, 0.5) is 5.82 Å². The van der Waals surface area contributed by atoms with Gasteiger partial charge < -0.3 is 14.7 Å². The lowest BCUT2D eigenvalue weighted by atomic mass is 9.98. The predicted molar refractivity (Wildman–Crippen MR) is 173 cm³/mol. The number of piperidine rings is 1. The molecule has 2 aliphatic rings. The van der Waals surface area contributed by atoms with Gasteiger partial charge in [-0.15, -0.1) is 0 Å². The molecule has 236 valence electrons. The molecule has 5 rings (SSSR count). The number of anilines is 1.